The minimum Gasteiger partial charge on any atom is -0.358 e. The first-order chi connectivity index (χ1) is 12.6. The summed E-state index contributed by atoms with van der Waals surface area (Å²) in [4.78, 5) is 19.9. The molecule has 0 atom stereocenters. The monoisotopic (exact) mass is 365 g/mol. The van der Waals surface area contributed by atoms with Crippen LogP contribution < -0.4 is 5.32 Å². The molecule has 1 amide bonds. The summed E-state index contributed by atoms with van der Waals surface area (Å²) in [6.45, 7) is 1.89. The largest absolute Gasteiger partial charge is 0.358 e. The Kier molecular flexibility index (Phi) is 4.26. The number of anilines is 1. The molecule has 0 unspecified atom stereocenters. The number of nitrogens with zero attached hydrogens (tertiary/aromatic N) is 1. The summed E-state index contributed by atoms with van der Waals surface area (Å²) in [6, 6.07) is 12.1. The molecule has 2 N–H and O–H groups in total. The number of thiazole rings is 1. The quantitative estimate of drug-likeness (QED) is 0.539. The van der Waals surface area contributed by atoms with E-state index in [-0.39, 0.29) is 18.1 Å². The Labute approximate surface area is 153 Å². The van der Waals surface area contributed by atoms with Crippen LogP contribution in [0.2, 0.25) is 0 Å². The van der Waals surface area contributed by atoms with Crippen LogP contribution in [0.4, 0.5) is 10.1 Å². The lowest BCUT2D eigenvalue weighted by Crippen LogP contribution is -2.14. The maximum absolute atomic E-state index is 13.5. The molecule has 2 aromatic carbocycles. The van der Waals surface area contributed by atoms with Crippen LogP contribution in [-0.2, 0) is 11.2 Å². The topological polar surface area (TPSA) is 57.8 Å². The van der Waals surface area contributed by atoms with Gasteiger partial charge in [0.1, 0.15) is 10.8 Å². The van der Waals surface area contributed by atoms with Crippen LogP contribution in [-0.4, -0.2) is 15.9 Å². The average molecular weight is 365 g/mol. The van der Waals surface area contributed by atoms with Gasteiger partial charge in [-0.25, -0.2) is 9.37 Å². The second-order valence-corrected chi connectivity index (χ2v) is 6.95. The number of aryl methyl sites for hydroxylation is 1. The van der Waals surface area contributed by atoms with E-state index in [4.69, 9.17) is 0 Å². The van der Waals surface area contributed by atoms with Crippen molar-refractivity contribution in [2.75, 3.05) is 5.32 Å². The number of H-pyrrole nitrogens is 1. The number of aromatic nitrogens is 2. The summed E-state index contributed by atoms with van der Waals surface area (Å²) in [5, 5.41) is 6.51. The summed E-state index contributed by atoms with van der Waals surface area (Å²) in [5.74, 6) is -0.448. The van der Waals surface area contributed by atoms with E-state index >= 15 is 0 Å². The second-order valence-electron chi connectivity index (χ2n) is 6.06. The molecule has 0 spiro atoms. The van der Waals surface area contributed by atoms with Gasteiger partial charge in [0.2, 0.25) is 5.91 Å². The summed E-state index contributed by atoms with van der Waals surface area (Å²) in [5.41, 5.74) is 4.26. The number of carbonyl (C=O) groups is 1. The van der Waals surface area contributed by atoms with Crippen molar-refractivity contribution in [1.82, 2.24) is 9.97 Å². The molecule has 130 valence electrons. The molecule has 26 heavy (non-hydrogen) atoms. The first kappa shape index (κ1) is 16.5. The predicted octanol–water partition coefficient (Wildman–Crippen LogP) is 4.92. The Bertz CT molecular complexity index is 1070. The minimum atomic E-state index is -0.309. The summed E-state index contributed by atoms with van der Waals surface area (Å²) >= 11 is 1.57. The fraction of sp³-hybridized carbons (Fsp3) is 0.100. The van der Waals surface area contributed by atoms with Gasteiger partial charge >= 0.3 is 0 Å². The Morgan fingerprint density at radius 3 is 2.77 bits per heavy atom. The summed E-state index contributed by atoms with van der Waals surface area (Å²) < 4.78 is 13.5. The first-order valence-corrected chi connectivity index (χ1v) is 9.04. The van der Waals surface area contributed by atoms with Crippen molar-refractivity contribution in [3.05, 3.63) is 71.1 Å². The molecule has 0 saturated heterocycles. The van der Waals surface area contributed by atoms with Crippen LogP contribution in [0.15, 0.2) is 54.0 Å². The van der Waals surface area contributed by atoms with Crippen molar-refractivity contribution in [2.45, 2.75) is 13.3 Å². The molecular formula is C20H16FN3OS. The predicted molar refractivity (Wildman–Crippen MR) is 103 cm³/mol. The van der Waals surface area contributed by atoms with E-state index in [1.54, 1.807) is 23.6 Å². The van der Waals surface area contributed by atoms with Crippen molar-refractivity contribution in [3.63, 3.8) is 0 Å². The molecule has 0 bridgehead atoms. The van der Waals surface area contributed by atoms with Gasteiger partial charge in [0.25, 0.3) is 0 Å². The van der Waals surface area contributed by atoms with Gasteiger partial charge in [-0.1, -0.05) is 0 Å². The standard InChI is InChI=1S/C20H16FN3OS/c1-12-16(17-10-14(21)4-7-18(17)23-12)11-19(25)24-15-5-2-13(3-6-15)20-22-8-9-26-20/h2-10,23H,11H2,1H3,(H,24,25). The van der Waals surface area contributed by atoms with E-state index in [9.17, 15) is 9.18 Å². The second kappa shape index (κ2) is 6.72. The number of benzene rings is 2. The number of carbonyl (C=O) groups excluding carboxylic acids is 1. The van der Waals surface area contributed by atoms with Gasteiger partial charge in [-0.3, -0.25) is 4.79 Å². The molecule has 2 heterocycles. The Morgan fingerprint density at radius 1 is 1.23 bits per heavy atom. The highest BCUT2D eigenvalue weighted by molar-refractivity contribution is 7.13. The van der Waals surface area contributed by atoms with E-state index in [1.807, 2.05) is 36.6 Å². The van der Waals surface area contributed by atoms with Crippen LogP contribution in [0.3, 0.4) is 0 Å². The highest BCUT2D eigenvalue weighted by Crippen LogP contribution is 2.25. The van der Waals surface area contributed by atoms with Crippen molar-refractivity contribution in [2.24, 2.45) is 0 Å². The fourth-order valence-electron chi connectivity index (χ4n) is 3.01. The van der Waals surface area contributed by atoms with E-state index < -0.39 is 0 Å². The Morgan fingerprint density at radius 2 is 2.04 bits per heavy atom. The molecule has 0 radical (unpaired) electrons. The zero-order valence-electron chi connectivity index (χ0n) is 14.0. The third-order valence-electron chi connectivity index (χ3n) is 4.27. The lowest BCUT2D eigenvalue weighted by molar-refractivity contribution is -0.115. The highest BCUT2D eigenvalue weighted by atomic mass is 32.1. The maximum atomic E-state index is 13.5. The molecule has 0 aliphatic heterocycles. The molecule has 4 rings (SSSR count). The Hall–Kier alpha value is -2.99. The zero-order chi connectivity index (χ0) is 18.1. The lowest BCUT2D eigenvalue weighted by Gasteiger charge is -2.06. The molecule has 0 aliphatic rings. The number of aromatic amines is 1. The average Bonchev–Trinajstić information content (AvgIpc) is 3.25. The van der Waals surface area contributed by atoms with Gasteiger partial charge < -0.3 is 10.3 Å². The highest BCUT2D eigenvalue weighted by Gasteiger charge is 2.13. The van der Waals surface area contributed by atoms with Crippen LogP contribution >= 0.6 is 11.3 Å². The number of hydrogen-bond acceptors (Lipinski definition) is 3. The zero-order valence-corrected chi connectivity index (χ0v) is 14.9. The first-order valence-electron chi connectivity index (χ1n) is 8.16. The van der Waals surface area contributed by atoms with E-state index in [1.165, 1.54) is 12.1 Å². The molecule has 2 aromatic heterocycles. The number of nitrogens with one attached hydrogen (secondary N) is 2. The van der Waals surface area contributed by atoms with Gasteiger partial charge in [-0.15, -0.1) is 11.3 Å². The van der Waals surface area contributed by atoms with E-state index in [2.05, 4.69) is 15.3 Å². The van der Waals surface area contributed by atoms with Crippen molar-refractivity contribution < 1.29 is 9.18 Å². The number of hydrogen-bond donors (Lipinski definition) is 2. The van der Waals surface area contributed by atoms with Crippen LogP contribution in [0.5, 0.6) is 0 Å². The van der Waals surface area contributed by atoms with Gasteiger partial charge in [0.05, 0.1) is 6.42 Å². The maximum Gasteiger partial charge on any atom is 0.228 e. The molecule has 4 aromatic rings. The van der Waals surface area contributed by atoms with Crippen molar-refractivity contribution >= 4 is 33.8 Å². The molecule has 0 saturated carbocycles. The molecule has 0 aliphatic carbocycles. The molecule has 0 fully saturated rings. The van der Waals surface area contributed by atoms with Crippen LogP contribution in [0, 0.1) is 12.7 Å². The third-order valence-corrected chi connectivity index (χ3v) is 5.09. The van der Waals surface area contributed by atoms with Crippen LogP contribution in [0.25, 0.3) is 21.5 Å². The van der Waals surface area contributed by atoms with E-state index in [0.717, 1.165) is 38.4 Å². The SMILES string of the molecule is Cc1[nH]c2ccc(F)cc2c1CC(=O)Nc1ccc(-c2nccs2)cc1. The summed E-state index contributed by atoms with van der Waals surface area (Å²) in [7, 11) is 0. The molecule has 6 heteroatoms. The molecule has 4 nitrogen and oxygen atoms in total. The third kappa shape index (κ3) is 3.23. The summed E-state index contributed by atoms with van der Waals surface area (Å²) in [6.07, 6.45) is 1.95. The van der Waals surface area contributed by atoms with Gasteiger partial charge in [0.15, 0.2) is 0 Å². The van der Waals surface area contributed by atoms with Gasteiger partial charge in [-0.2, -0.15) is 0 Å². The number of rotatable bonds is 4. The molecular weight excluding hydrogens is 349 g/mol. The van der Waals surface area contributed by atoms with Crippen LogP contribution in [0.1, 0.15) is 11.3 Å². The number of amides is 1. The van der Waals surface area contributed by atoms with Gasteiger partial charge in [-0.05, 0) is 55.0 Å². The van der Waals surface area contributed by atoms with Gasteiger partial charge in [0, 0.05) is 39.4 Å². The normalized spacial score (nSPS) is 11.0. The fourth-order valence-corrected chi connectivity index (χ4v) is 3.65. The number of halogens is 1. The Balaban J connectivity index is 1.51. The van der Waals surface area contributed by atoms with Crippen molar-refractivity contribution in [3.8, 4) is 10.6 Å². The smallest absolute Gasteiger partial charge is 0.228 e. The minimum absolute atomic E-state index is 0.139. The van der Waals surface area contributed by atoms with E-state index in [0.29, 0.717) is 0 Å². The lowest BCUT2D eigenvalue weighted by atomic mass is 10.1. The number of fused-ring (bicyclic) bond motifs is 1. The van der Waals surface area contributed by atoms with Crippen molar-refractivity contribution in [1.29, 1.82) is 0 Å².